The highest BCUT2D eigenvalue weighted by atomic mass is 32.2. The minimum Gasteiger partial charge on any atom is -0.351 e. The van der Waals surface area contributed by atoms with Gasteiger partial charge in [-0.2, -0.15) is 10.3 Å². The number of thioether (sulfide) groups is 1. The molecule has 1 unspecified atom stereocenters. The van der Waals surface area contributed by atoms with Crippen LogP contribution in [0.5, 0.6) is 0 Å². The standard InChI is InChI=1S/C24H23N5O3S/c25-15-16-4-8-19(9-5-16)27-22(31)17-6-10-18(11-7-17)26-21(30)14-20-23(32)28-24(33-20)29-12-2-1-3-13-29/h4-11,20H,1-3,12-14H2,(H,26,30)(H,27,31). The number of nitriles is 1. The Morgan fingerprint density at radius 3 is 2.30 bits per heavy atom. The monoisotopic (exact) mass is 461 g/mol. The Morgan fingerprint density at radius 2 is 1.64 bits per heavy atom. The first kappa shape index (κ1) is 22.6. The van der Waals surface area contributed by atoms with Gasteiger partial charge in [0, 0.05) is 36.4 Å². The lowest BCUT2D eigenvalue weighted by Crippen LogP contribution is -2.33. The van der Waals surface area contributed by atoms with Crippen molar-refractivity contribution >= 4 is 46.0 Å². The zero-order chi connectivity index (χ0) is 23.2. The maximum Gasteiger partial charge on any atom is 0.262 e. The highest BCUT2D eigenvalue weighted by Crippen LogP contribution is 2.29. The second kappa shape index (κ2) is 10.3. The number of aliphatic imine (C=N–C) groups is 1. The number of rotatable bonds is 5. The highest BCUT2D eigenvalue weighted by Gasteiger charge is 2.33. The predicted octanol–water partition coefficient (Wildman–Crippen LogP) is 3.62. The van der Waals surface area contributed by atoms with Gasteiger partial charge in [0.1, 0.15) is 5.25 Å². The maximum atomic E-state index is 12.5. The zero-order valence-corrected chi connectivity index (χ0v) is 18.7. The highest BCUT2D eigenvalue weighted by molar-refractivity contribution is 8.15. The fourth-order valence-corrected chi connectivity index (χ4v) is 4.76. The number of carbonyl (C=O) groups excluding carboxylic acids is 3. The molecule has 3 amide bonds. The lowest BCUT2D eigenvalue weighted by atomic mass is 10.1. The Kier molecular flexibility index (Phi) is 7.05. The topological polar surface area (TPSA) is 115 Å². The van der Waals surface area contributed by atoms with E-state index in [0.717, 1.165) is 31.1 Å². The van der Waals surface area contributed by atoms with Gasteiger partial charge < -0.3 is 15.5 Å². The third-order valence-electron chi connectivity index (χ3n) is 5.43. The quantitative estimate of drug-likeness (QED) is 0.703. The first-order chi connectivity index (χ1) is 16.0. The Bertz CT molecular complexity index is 1120. The van der Waals surface area contributed by atoms with E-state index in [1.807, 2.05) is 6.07 Å². The van der Waals surface area contributed by atoms with E-state index in [1.165, 1.54) is 18.2 Å². The van der Waals surface area contributed by atoms with Gasteiger partial charge in [0.05, 0.1) is 11.6 Å². The fourth-order valence-electron chi connectivity index (χ4n) is 3.65. The molecule has 2 heterocycles. The first-order valence-corrected chi connectivity index (χ1v) is 11.7. The predicted molar refractivity (Wildman–Crippen MR) is 128 cm³/mol. The molecule has 2 aromatic rings. The van der Waals surface area contributed by atoms with Gasteiger partial charge in [0.25, 0.3) is 11.8 Å². The molecule has 4 rings (SSSR count). The summed E-state index contributed by atoms with van der Waals surface area (Å²) < 4.78 is 0. The van der Waals surface area contributed by atoms with Gasteiger partial charge >= 0.3 is 0 Å². The molecule has 2 aromatic carbocycles. The molecule has 0 bridgehead atoms. The number of likely N-dealkylation sites (tertiary alicyclic amines) is 1. The molecule has 0 aromatic heterocycles. The molecular weight excluding hydrogens is 438 g/mol. The van der Waals surface area contributed by atoms with Crippen LogP contribution in [0.3, 0.4) is 0 Å². The number of amidine groups is 1. The van der Waals surface area contributed by atoms with Crippen molar-refractivity contribution in [2.75, 3.05) is 23.7 Å². The molecule has 0 saturated carbocycles. The smallest absolute Gasteiger partial charge is 0.262 e. The van der Waals surface area contributed by atoms with Crippen LogP contribution in [0.25, 0.3) is 0 Å². The van der Waals surface area contributed by atoms with Crippen LogP contribution < -0.4 is 10.6 Å². The maximum absolute atomic E-state index is 12.5. The van der Waals surface area contributed by atoms with Crippen molar-refractivity contribution < 1.29 is 14.4 Å². The van der Waals surface area contributed by atoms with Crippen molar-refractivity contribution in [1.29, 1.82) is 5.26 Å². The van der Waals surface area contributed by atoms with Crippen molar-refractivity contribution in [1.82, 2.24) is 4.90 Å². The van der Waals surface area contributed by atoms with E-state index < -0.39 is 5.25 Å². The minimum absolute atomic E-state index is 0.0469. The number of carbonyl (C=O) groups is 3. The third-order valence-corrected chi connectivity index (χ3v) is 6.64. The van der Waals surface area contributed by atoms with Crippen LogP contribution in [0.15, 0.2) is 53.5 Å². The van der Waals surface area contributed by atoms with Crippen molar-refractivity contribution in [2.24, 2.45) is 4.99 Å². The summed E-state index contributed by atoms with van der Waals surface area (Å²) in [4.78, 5) is 43.4. The summed E-state index contributed by atoms with van der Waals surface area (Å²) in [5.74, 6) is -0.829. The lowest BCUT2D eigenvalue weighted by molar-refractivity contribution is -0.121. The van der Waals surface area contributed by atoms with Crippen LogP contribution >= 0.6 is 11.8 Å². The van der Waals surface area contributed by atoms with Crippen LogP contribution in [-0.2, 0) is 9.59 Å². The molecule has 168 valence electrons. The van der Waals surface area contributed by atoms with Gasteiger partial charge in [0.2, 0.25) is 5.91 Å². The van der Waals surface area contributed by atoms with Crippen molar-refractivity contribution in [3.63, 3.8) is 0 Å². The van der Waals surface area contributed by atoms with E-state index in [0.29, 0.717) is 22.5 Å². The van der Waals surface area contributed by atoms with Gasteiger partial charge in [-0.3, -0.25) is 14.4 Å². The van der Waals surface area contributed by atoms with Crippen LogP contribution in [0.4, 0.5) is 11.4 Å². The summed E-state index contributed by atoms with van der Waals surface area (Å²) in [5, 5.41) is 14.6. The Labute approximate surface area is 196 Å². The molecule has 8 nitrogen and oxygen atoms in total. The van der Waals surface area contributed by atoms with Gasteiger partial charge in [-0.05, 0) is 67.8 Å². The Balaban J connectivity index is 1.28. The van der Waals surface area contributed by atoms with Crippen LogP contribution in [0.2, 0.25) is 0 Å². The van der Waals surface area contributed by atoms with Gasteiger partial charge in [-0.15, -0.1) is 0 Å². The summed E-state index contributed by atoms with van der Waals surface area (Å²) in [7, 11) is 0. The summed E-state index contributed by atoms with van der Waals surface area (Å²) >= 11 is 1.37. The largest absolute Gasteiger partial charge is 0.351 e. The number of hydrogen-bond donors (Lipinski definition) is 2. The molecule has 2 aliphatic heterocycles. The third kappa shape index (κ3) is 5.79. The van der Waals surface area contributed by atoms with Crippen molar-refractivity contribution in [3.05, 3.63) is 59.7 Å². The van der Waals surface area contributed by atoms with Crippen LogP contribution in [0.1, 0.15) is 41.6 Å². The Morgan fingerprint density at radius 1 is 1.00 bits per heavy atom. The molecule has 0 spiro atoms. The lowest BCUT2D eigenvalue weighted by Gasteiger charge is -2.27. The van der Waals surface area contributed by atoms with E-state index >= 15 is 0 Å². The van der Waals surface area contributed by atoms with E-state index in [2.05, 4.69) is 20.5 Å². The van der Waals surface area contributed by atoms with E-state index in [9.17, 15) is 14.4 Å². The number of nitrogens with one attached hydrogen (secondary N) is 2. The molecule has 9 heteroatoms. The number of piperidine rings is 1. The van der Waals surface area contributed by atoms with E-state index in [1.54, 1.807) is 48.5 Å². The summed E-state index contributed by atoms with van der Waals surface area (Å²) in [6, 6.07) is 15.1. The molecular formula is C24H23N5O3S. The first-order valence-electron chi connectivity index (χ1n) is 10.8. The molecule has 2 aliphatic rings. The van der Waals surface area contributed by atoms with Crippen LogP contribution in [0, 0.1) is 11.3 Å². The molecule has 0 aliphatic carbocycles. The number of anilines is 2. The second-order valence-electron chi connectivity index (χ2n) is 7.86. The molecule has 2 N–H and O–H groups in total. The number of hydrogen-bond acceptors (Lipinski definition) is 6. The average Bonchev–Trinajstić information content (AvgIpc) is 3.20. The SMILES string of the molecule is N#Cc1ccc(NC(=O)c2ccc(NC(=O)CC3SC(N4CCCCC4)=NC3=O)cc2)cc1. The Hall–Kier alpha value is -3.64. The fraction of sp³-hybridized carbons (Fsp3) is 0.292. The number of nitrogens with zero attached hydrogens (tertiary/aromatic N) is 3. The molecule has 1 atom stereocenters. The summed E-state index contributed by atoms with van der Waals surface area (Å²) in [6.45, 7) is 1.81. The zero-order valence-electron chi connectivity index (χ0n) is 17.9. The minimum atomic E-state index is -0.501. The van der Waals surface area contributed by atoms with Crippen LogP contribution in [-0.4, -0.2) is 46.1 Å². The van der Waals surface area contributed by atoms with Crippen molar-refractivity contribution in [3.8, 4) is 6.07 Å². The van der Waals surface area contributed by atoms with Gasteiger partial charge in [-0.25, -0.2) is 0 Å². The number of benzene rings is 2. The summed E-state index contributed by atoms with van der Waals surface area (Å²) in [5.41, 5.74) is 2.07. The number of amides is 3. The normalized spacial score (nSPS) is 17.8. The molecule has 33 heavy (non-hydrogen) atoms. The second-order valence-corrected chi connectivity index (χ2v) is 9.03. The average molecular weight is 462 g/mol. The molecule has 1 saturated heterocycles. The van der Waals surface area contributed by atoms with E-state index in [4.69, 9.17) is 5.26 Å². The molecule has 1 fully saturated rings. The van der Waals surface area contributed by atoms with Gasteiger partial charge in [0.15, 0.2) is 5.17 Å². The van der Waals surface area contributed by atoms with Crippen molar-refractivity contribution in [2.45, 2.75) is 30.9 Å². The summed E-state index contributed by atoms with van der Waals surface area (Å²) in [6.07, 6.45) is 3.44. The van der Waals surface area contributed by atoms with Gasteiger partial charge in [-0.1, -0.05) is 11.8 Å². The molecule has 0 radical (unpaired) electrons. The van der Waals surface area contributed by atoms with E-state index in [-0.39, 0.29) is 24.1 Å².